The highest BCUT2D eigenvalue weighted by molar-refractivity contribution is 5.24. The van der Waals surface area contributed by atoms with Crippen LogP contribution in [0.2, 0.25) is 0 Å². The lowest BCUT2D eigenvalue weighted by atomic mass is 10.0. The summed E-state index contributed by atoms with van der Waals surface area (Å²) in [6.45, 7) is 5.24. The van der Waals surface area contributed by atoms with Gasteiger partial charge in [0, 0.05) is 19.6 Å². The Hall–Kier alpha value is -0.860. The van der Waals surface area contributed by atoms with Crippen molar-refractivity contribution in [2.24, 2.45) is 0 Å². The lowest BCUT2D eigenvalue weighted by Crippen LogP contribution is -2.39. The number of nitrogens with zero attached hydrogens (tertiary/aromatic N) is 2. The first kappa shape index (κ1) is 9.69. The summed E-state index contributed by atoms with van der Waals surface area (Å²) in [4.78, 5) is 2.34. The van der Waals surface area contributed by atoms with E-state index in [2.05, 4.69) is 48.5 Å². The zero-order chi connectivity index (χ0) is 9.97. The number of rotatable bonds is 1. The minimum Gasteiger partial charge on any atom is -0.303 e. The van der Waals surface area contributed by atoms with Crippen LogP contribution in [0, 0.1) is 6.92 Å². The number of likely N-dealkylation sites (N-methyl/N-ethyl adjacent to an activating group) is 1. The lowest BCUT2D eigenvalue weighted by molar-refractivity contribution is 0.237. The molecule has 2 rings (SSSR count). The van der Waals surface area contributed by atoms with Crippen LogP contribution in [0.1, 0.15) is 17.2 Å². The average molecular weight is 189 g/mol. The van der Waals surface area contributed by atoms with Gasteiger partial charge in [0.25, 0.3) is 0 Å². The van der Waals surface area contributed by atoms with E-state index in [1.165, 1.54) is 11.1 Å². The Morgan fingerprint density at radius 2 is 2.00 bits per heavy atom. The predicted octanol–water partition coefficient (Wildman–Crippen LogP) is 1.59. The molecule has 14 heavy (non-hydrogen) atoms. The van der Waals surface area contributed by atoms with Crippen molar-refractivity contribution >= 4 is 0 Å². The molecule has 75 valence electrons. The van der Waals surface area contributed by atoms with E-state index in [1.807, 2.05) is 0 Å². The van der Waals surface area contributed by atoms with E-state index >= 15 is 0 Å². The molecule has 1 unspecified atom stereocenters. The fourth-order valence-corrected chi connectivity index (χ4v) is 1.83. The fourth-order valence-electron chi connectivity index (χ4n) is 1.83. The smallest absolute Gasteiger partial charge is 0.0623 e. The van der Waals surface area contributed by atoms with Crippen LogP contribution in [-0.2, 0) is 0 Å². The summed E-state index contributed by atoms with van der Waals surface area (Å²) in [5.41, 5.74) is 2.67. The third-order valence-corrected chi connectivity index (χ3v) is 2.78. The van der Waals surface area contributed by atoms with E-state index in [9.17, 15) is 0 Å². The molecule has 0 aliphatic carbocycles. The Labute approximate surface area is 85.9 Å². The highest BCUT2D eigenvalue weighted by Gasteiger charge is 2.18. The first-order valence-corrected chi connectivity index (χ1v) is 5.17. The normalized spacial score (nSPS) is 23.7. The highest BCUT2D eigenvalue weighted by atomic mass is 15.2. The van der Waals surface area contributed by atoms with Crippen LogP contribution < -0.4 is 5.32 Å². The van der Waals surface area contributed by atoms with Gasteiger partial charge in [-0.3, -0.25) is 0 Å². The minimum atomic E-state index is 0.384. The number of piperazine rings is 1. The molecule has 2 nitrogen and oxygen atoms in total. The second-order valence-electron chi connectivity index (χ2n) is 4.09. The van der Waals surface area contributed by atoms with Crippen molar-refractivity contribution in [2.45, 2.75) is 13.0 Å². The molecule has 0 saturated carbocycles. The van der Waals surface area contributed by atoms with Crippen molar-refractivity contribution in [3.05, 3.63) is 35.4 Å². The zero-order valence-electron chi connectivity index (χ0n) is 8.90. The van der Waals surface area contributed by atoms with Gasteiger partial charge in [-0.2, -0.15) is 0 Å². The molecule has 1 aliphatic rings. The lowest BCUT2D eigenvalue weighted by Gasteiger charge is -2.29. The van der Waals surface area contributed by atoms with Gasteiger partial charge in [-0.25, -0.2) is 5.32 Å². The Morgan fingerprint density at radius 3 is 2.64 bits per heavy atom. The molecule has 1 aliphatic heterocycles. The molecule has 1 fully saturated rings. The molecule has 1 saturated heterocycles. The van der Waals surface area contributed by atoms with Gasteiger partial charge in [0.2, 0.25) is 0 Å². The SMILES string of the molecule is Cc1ccc(C2CN(C)CC[N]2)cc1. The zero-order valence-corrected chi connectivity index (χ0v) is 8.90. The average Bonchev–Trinajstić information content (AvgIpc) is 2.19. The maximum absolute atomic E-state index is 4.64. The quantitative estimate of drug-likeness (QED) is 0.655. The summed E-state index contributed by atoms with van der Waals surface area (Å²) in [6, 6.07) is 9.11. The van der Waals surface area contributed by atoms with Crippen molar-refractivity contribution < 1.29 is 0 Å². The molecule has 0 N–H and O–H groups in total. The minimum absolute atomic E-state index is 0.384. The maximum Gasteiger partial charge on any atom is 0.0623 e. The second kappa shape index (κ2) is 4.11. The number of aryl methyl sites for hydroxylation is 1. The Bertz CT molecular complexity index is 292. The van der Waals surface area contributed by atoms with Gasteiger partial charge in [-0.1, -0.05) is 29.8 Å². The molecule has 1 aromatic carbocycles. The Morgan fingerprint density at radius 1 is 1.29 bits per heavy atom. The van der Waals surface area contributed by atoms with Gasteiger partial charge in [-0.05, 0) is 19.5 Å². The molecule has 2 heteroatoms. The van der Waals surface area contributed by atoms with E-state index in [0.717, 1.165) is 19.6 Å². The molecule has 0 amide bonds. The summed E-state index contributed by atoms with van der Waals surface area (Å²) in [5.74, 6) is 0. The summed E-state index contributed by atoms with van der Waals surface area (Å²) in [6.07, 6.45) is 0. The summed E-state index contributed by atoms with van der Waals surface area (Å²) >= 11 is 0. The van der Waals surface area contributed by atoms with E-state index in [0.29, 0.717) is 6.04 Å². The second-order valence-corrected chi connectivity index (χ2v) is 4.09. The molecule has 1 atom stereocenters. The first-order chi connectivity index (χ1) is 6.75. The number of benzene rings is 1. The molecule has 0 bridgehead atoms. The van der Waals surface area contributed by atoms with Gasteiger partial charge < -0.3 is 4.90 Å². The molecular formula is C12H17N2. The van der Waals surface area contributed by atoms with Crippen LogP contribution in [0.4, 0.5) is 0 Å². The Balaban J connectivity index is 2.10. The Kier molecular flexibility index (Phi) is 2.85. The van der Waals surface area contributed by atoms with Crippen molar-refractivity contribution in [1.29, 1.82) is 0 Å². The topological polar surface area (TPSA) is 17.3 Å². The molecule has 0 spiro atoms. The standard InChI is InChI=1S/C12H17N2/c1-10-3-5-11(6-4-10)12-9-14(2)8-7-13-12/h3-6,12H,7-9H2,1-2H3. The van der Waals surface area contributed by atoms with Gasteiger partial charge >= 0.3 is 0 Å². The van der Waals surface area contributed by atoms with Crippen LogP contribution in [0.25, 0.3) is 0 Å². The summed E-state index contributed by atoms with van der Waals surface area (Å²) in [5, 5.41) is 4.64. The van der Waals surface area contributed by atoms with Crippen molar-refractivity contribution in [3.63, 3.8) is 0 Å². The van der Waals surface area contributed by atoms with Crippen molar-refractivity contribution in [3.8, 4) is 0 Å². The van der Waals surface area contributed by atoms with Crippen LogP contribution in [0.3, 0.4) is 0 Å². The molecule has 1 heterocycles. The number of hydrogen-bond acceptors (Lipinski definition) is 1. The van der Waals surface area contributed by atoms with Crippen LogP contribution >= 0.6 is 0 Å². The largest absolute Gasteiger partial charge is 0.303 e. The van der Waals surface area contributed by atoms with Gasteiger partial charge in [0.05, 0.1) is 6.04 Å². The molecule has 1 radical (unpaired) electrons. The monoisotopic (exact) mass is 189 g/mol. The summed E-state index contributed by atoms with van der Waals surface area (Å²) < 4.78 is 0. The van der Waals surface area contributed by atoms with E-state index in [4.69, 9.17) is 0 Å². The first-order valence-electron chi connectivity index (χ1n) is 5.17. The molecule has 0 aromatic heterocycles. The predicted molar refractivity (Wildman–Crippen MR) is 58.4 cm³/mol. The third-order valence-electron chi connectivity index (χ3n) is 2.78. The maximum atomic E-state index is 4.64. The summed E-state index contributed by atoms with van der Waals surface area (Å²) in [7, 11) is 2.16. The highest BCUT2D eigenvalue weighted by Crippen LogP contribution is 2.18. The van der Waals surface area contributed by atoms with Crippen molar-refractivity contribution in [2.75, 3.05) is 26.7 Å². The van der Waals surface area contributed by atoms with Gasteiger partial charge in [0.1, 0.15) is 0 Å². The molecular weight excluding hydrogens is 172 g/mol. The third kappa shape index (κ3) is 2.14. The van der Waals surface area contributed by atoms with Crippen LogP contribution in [0.15, 0.2) is 24.3 Å². The number of hydrogen-bond donors (Lipinski definition) is 0. The van der Waals surface area contributed by atoms with E-state index < -0.39 is 0 Å². The fraction of sp³-hybridized carbons (Fsp3) is 0.500. The van der Waals surface area contributed by atoms with Crippen LogP contribution in [0.5, 0.6) is 0 Å². The van der Waals surface area contributed by atoms with E-state index in [1.54, 1.807) is 0 Å². The molecule has 1 aromatic rings. The van der Waals surface area contributed by atoms with Gasteiger partial charge in [-0.15, -0.1) is 0 Å². The van der Waals surface area contributed by atoms with Crippen molar-refractivity contribution in [1.82, 2.24) is 10.2 Å². The van der Waals surface area contributed by atoms with Crippen LogP contribution in [-0.4, -0.2) is 31.6 Å². The van der Waals surface area contributed by atoms with Gasteiger partial charge in [0.15, 0.2) is 0 Å². The van der Waals surface area contributed by atoms with E-state index in [-0.39, 0.29) is 0 Å².